The first-order valence-electron chi connectivity index (χ1n) is 6.15. The second kappa shape index (κ2) is 6.54. The summed E-state index contributed by atoms with van der Waals surface area (Å²) in [7, 11) is 0. The molecule has 1 unspecified atom stereocenters. The lowest BCUT2D eigenvalue weighted by Crippen LogP contribution is -2.40. The highest BCUT2D eigenvalue weighted by molar-refractivity contribution is 5.60. The summed E-state index contributed by atoms with van der Waals surface area (Å²) in [5, 5.41) is 9.70. The number of ether oxygens (including phenoxy) is 2. The summed E-state index contributed by atoms with van der Waals surface area (Å²) < 4.78 is 9.66. The molecule has 0 amide bonds. The van der Waals surface area contributed by atoms with Crippen LogP contribution in [-0.4, -0.2) is 29.2 Å². The van der Waals surface area contributed by atoms with Crippen molar-refractivity contribution in [2.45, 2.75) is 45.1 Å². The first-order chi connectivity index (χ1) is 8.78. The first kappa shape index (κ1) is 15.5. The molecule has 19 heavy (non-hydrogen) atoms. The van der Waals surface area contributed by atoms with Crippen LogP contribution >= 0.6 is 0 Å². The van der Waals surface area contributed by atoms with E-state index >= 15 is 0 Å². The zero-order valence-corrected chi connectivity index (χ0v) is 11.5. The second-order valence-corrected chi connectivity index (χ2v) is 5.33. The van der Waals surface area contributed by atoms with Crippen molar-refractivity contribution >= 4 is 6.16 Å². The molecule has 1 rings (SSSR count). The molecule has 0 radical (unpaired) electrons. The quantitative estimate of drug-likeness (QED) is 0.642. The van der Waals surface area contributed by atoms with Gasteiger partial charge >= 0.3 is 6.16 Å². The van der Waals surface area contributed by atoms with Gasteiger partial charge in [0, 0.05) is 0 Å². The Bertz CT molecular complexity index is 400. The van der Waals surface area contributed by atoms with E-state index in [4.69, 9.17) is 15.2 Å². The standard InChI is InChI=1S/C14H21NO4/c1-14(2,3)19-13(17)18-12(16)11(15)9-10-7-5-4-6-8-10/h4-8,11-12,16H,9,15H2,1-3H3/t11-,12?/m0/s1. The Morgan fingerprint density at radius 3 is 2.42 bits per heavy atom. The third-order valence-electron chi connectivity index (χ3n) is 2.29. The van der Waals surface area contributed by atoms with Crippen molar-refractivity contribution in [3.8, 4) is 0 Å². The topological polar surface area (TPSA) is 81.8 Å². The van der Waals surface area contributed by atoms with Gasteiger partial charge in [-0.1, -0.05) is 30.3 Å². The number of carbonyl (C=O) groups excluding carboxylic acids is 1. The fraction of sp³-hybridized carbons (Fsp3) is 0.500. The van der Waals surface area contributed by atoms with Gasteiger partial charge < -0.3 is 20.3 Å². The minimum atomic E-state index is -1.39. The van der Waals surface area contributed by atoms with E-state index in [1.807, 2.05) is 30.3 Å². The zero-order chi connectivity index (χ0) is 14.5. The first-order valence-corrected chi connectivity index (χ1v) is 6.15. The molecule has 106 valence electrons. The highest BCUT2D eigenvalue weighted by Gasteiger charge is 2.24. The van der Waals surface area contributed by atoms with Gasteiger partial charge in [0.25, 0.3) is 0 Å². The lowest BCUT2D eigenvalue weighted by molar-refractivity contribution is -0.109. The third-order valence-corrected chi connectivity index (χ3v) is 2.29. The van der Waals surface area contributed by atoms with Crippen LogP contribution in [-0.2, 0) is 15.9 Å². The number of rotatable bonds is 4. The van der Waals surface area contributed by atoms with E-state index in [9.17, 15) is 9.90 Å². The SMILES string of the molecule is CC(C)(C)OC(=O)OC(O)[C@@H](N)Cc1ccccc1. The largest absolute Gasteiger partial charge is 0.511 e. The third kappa shape index (κ3) is 6.22. The molecule has 5 heteroatoms. The second-order valence-electron chi connectivity index (χ2n) is 5.33. The average Bonchev–Trinajstić information content (AvgIpc) is 2.27. The van der Waals surface area contributed by atoms with E-state index in [0.29, 0.717) is 6.42 Å². The van der Waals surface area contributed by atoms with Crippen LogP contribution in [0.25, 0.3) is 0 Å². The van der Waals surface area contributed by atoms with Crippen LogP contribution in [0.2, 0.25) is 0 Å². The predicted octanol–water partition coefficient (Wildman–Crippen LogP) is 1.83. The molecule has 0 spiro atoms. The van der Waals surface area contributed by atoms with E-state index < -0.39 is 24.1 Å². The molecule has 5 nitrogen and oxygen atoms in total. The van der Waals surface area contributed by atoms with Gasteiger partial charge in [-0.15, -0.1) is 0 Å². The van der Waals surface area contributed by atoms with Gasteiger partial charge in [0.1, 0.15) is 5.60 Å². The molecule has 0 heterocycles. The summed E-state index contributed by atoms with van der Waals surface area (Å²) >= 11 is 0. The molecule has 0 aliphatic heterocycles. The van der Waals surface area contributed by atoms with Crippen LogP contribution in [0, 0.1) is 0 Å². The molecule has 1 aromatic rings. The lowest BCUT2D eigenvalue weighted by atomic mass is 10.1. The van der Waals surface area contributed by atoms with Crippen molar-refractivity contribution in [2.24, 2.45) is 5.73 Å². The van der Waals surface area contributed by atoms with Crippen molar-refractivity contribution in [1.29, 1.82) is 0 Å². The van der Waals surface area contributed by atoms with E-state index in [2.05, 4.69) is 0 Å². The number of benzene rings is 1. The van der Waals surface area contributed by atoms with Gasteiger partial charge in [-0.25, -0.2) is 4.79 Å². The summed E-state index contributed by atoms with van der Waals surface area (Å²) in [5.74, 6) is 0. The maximum absolute atomic E-state index is 11.4. The molecule has 0 fully saturated rings. The summed E-state index contributed by atoms with van der Waals surface area (Å²) in [6.45, 7) is 5.14. The molecule has 1 aromatic carbocycles. The highest BCUT2D eigenvalue weighted by atomic mass is 16.8. The van der Waals surface area contributed by atoms with E-state index in [0.717, 1.165) is 5.56 Å². The summed E-state index contributed by atoms with van der Waals surface area (Å²) in [4.78, 5) is 11.4. The smallest absolute Gasteiger partial charge is 0.429 e. The number of aliphatic hydroxyl groups is 1. The monoisotopic (exact) mass is 267 g/mol. The Balaban J connectivity index is 2.45. The fourth-order valence-electron chi connectivity index (χ4n) is 1.45. The van der Waals surface area contributed by atoms with Crippen LogP contribution < -0.4 is 5.73 Å². The molecule has 2 atom stereocenters. The van der Waals surface area contributed by atoms with E-state index in [-0.39, 0.29) is 0 Å². The predicted molar refractivity (Wildman–Crippen MR) is 71.4 cm³/mol. The number of hydrogen-bond donors (Lipinski definition) is 2. The molecule has 0 aliphatic rings. The molecule has 0 aliphatic carbocycles. The van der Waals surface area contributed by atoms with Gasteiger partial charge in [-0.3, -0.25) is 0 Å². The molecular weight excluding hydrogens is 246 g/mol. The lowest BCUT2D eigenvalue weighted by Gasteiger charge is -2.23. The van der Waals surface area contributed by atoms with Gasteiger partial charge in [-0.2, -0.15) is 0 Å². The Morgan fingerprint density at radius 1 is 1.32 bits per heavy atom. The van der Waals surface area contributed by atoms with Crippen molar-refractivity contribution in [3.63, 3.8) is 0 Å². The maximum atomic E-state index is 11.4. The van der Waals surface area contributed by atoms with Crippen molar-refractivity contribution in [1.82, 2.24) is 0 Å². The van der Waals surface area contributed by atoms with Gasteiger partial charge in [0.2, 0.25) is 6.29 Å². The molecule has 0 saturated heterocycles. The summed E-state index contributed by atoms with van der Waals surface area (Å²) in [6.07, 6.45) is -1.91. The van der Waals surface area contributed by atoms with Crippen molar-refractivity contribution in [3.05, 3.63) is 35.9 Å². The number of aliphatic hydroxyl groups excluding tert-OH is 1. The van der Waals surface area contributed by atoms with Crippen molar-refractivity contribution < 1.29 is 19.4 Å². The number of nitrogens with two attached hydrogens (primary N) is 1. The van der Waals surface area contributed by atoms with Gasteiger partial charge in [0.05, 0.1) is 6.04 Å². The molecule has 0 aromatic heterocycles. The molecule has 3 N–H and O–H groups in total. The van der Waals surface area contributed by atoms with Crippen LogP contribution in [0.3, 0.4) is 0 Å². The van der Waals surface area contributed by atoms with E-state index in [1.165, 1.54) is 0 Å². The Morgan fingerprint density at radius 2 is 1.89 bits per heavy atom. The fourth-order valence-corrected chi connectivity index (χ4v) is 1.45. The van der Waals surface area contributed by atoms with Gasteiger partial charge in [-0.05, 0) is 32.8 Å². The molecular formula is C14H21NO4. The van der Waals surface area contributed by atoms with Crippen LogP contribution in [0.5, 0.6) is 0 Å². The maximum Gasteiger partial charge on any atom is 0.511 e. The Kier molecular flexibility index (Phi) is 5.32. The minimum absolute atomic E-state index is 0.408. The Labute approximate surface area is 113 Å². The summed E-state index contributed by atoms with van der Waals surface area (Å²) in [5.41, 5.74) is 6.07. The highest BCUT2D eigenvalue weighted by Crippen LogP contribution is 2.11. The number of hydrogen-bond acceptors (Lipinski definition) is 5. The van der Waals surface area contributed by atoms with Crippen LogP contribution in [0.15, 0.2) is 30.3 Å². The zero-order valence-electron chi connectivity index (χ0n) is 11.5. The normalized spacial score (nSPS) is 14.6. The number of carbonyl (C=O) groups is 1. The van der Waals surface area contributed by atoms with Crippen LogP contribution in [0.4, 0.5) is 4.79 Å². The van der Waals surface area contributed by atoms with Crippen molar-refractivity contribution in [2.75, 3.05) is 0 Å². The summed E-state index contributed by atoms with van der Waals surface area (Å²) in [6, 6.07) is 8.73. The van der Waals surface area contributed by atoms with E-state index in [1.54, 1.807) is 20.8 Å². The Hall–Kier alpha value is -1.59. The minimum Gasteiger partial charge on any atom is -0.429 e. The molecule has 0 saturated carbocycles. The molecule has 0 bridgehead atoms. The van der Waals surface area contributed by atoms with Gasteiger partial charge in [0.15, 0.2) is 0 Å². The van der Waals surface area contributed by atoms with Crippen LogP contribution in [0.1, 0.15) is 26.3 Å². The average molecular weight is 267 g/mol.